The minimum Gasteiger partial charge on any atom is -0.467 e. The van der Waals surface area contributed by atoms with Crippen LogP contribution in [0.3, 0.4) is 0 Å². The zero-order chi connectivity index (χ0) is 13.6. The minimum absolute atomic E-state index is 0.306. The van der Waals surface area contributed by atoms with Gasteiger partial charge in [-0.1, -0.05) is 12.1 Å². The summed E-state index contributed by atoms with van der Waals surface area (Å²) in [7, 11) is 3.02. The normalized spacial score (nSPS) is 14.0. The van der Waals surface area contributed by atoms with Crippen molar-refractivity contribution in [3.63, 3.8) is 0 Å². The van der Waals surface area contributed by atoms with Crippen molar-refractivity contribution in [2.24, 2.45) is 0 Å². The summed E-state index contributed by atoms with van der Waals surface area (Å²) >= 11 is 2.23. The van der Waals surface area contributed by atoms with E-state index >= 15 is 0 Å². The van der Waals surface area contributed by atoms with E-state index in [2.05, 4.69) is 27.9 Å². The van der Waals surface area contributed by atoms with Gasteiger partial charge in [0.25, 0.3) is 0 Å². The van der Waals surface area contributed by atoms with Crippen molar-refractivity contribution in [3.8, 4) is 0 Å². The molecule has 4 nitrogen and oxygen atoms in total. The third-order valence-corrected chi connectivity index (χ3v) is 3.52. The summed E-state index contributed by atoms with van der Waals surface area (Å²) in [6, 6.07) is 7.79. The largest absolute Gasteiger partial charge is 0.467 e. The van der Waals surface area contributed by atoms with Gasteiger partial charge >= 0.3 is 5.97 Å². The van der Waals surface area contributed by atoms with Crippen LogP contribution in [0.15, 0.2) is 24.3 Å². The number of halogens is 1. The van der Waals surface area contributed by atoms with Crippen molar-refractivity contribution in [2.45, 2.75) is 12.5 Å². The molecule has 0 amide bonds. The quantitative estimate of drug-likeness (QED) is 0.477. The Kier molecular flexibility index (Phi) is 6.04. The molecule has 1 aromatic carbocycles. The van der Waals surface area contributed by atoms with Gasteiger partial charge in [0.2, 0.25) is 0 Å². The topological polar surface area (TPSA) is 47.6 Å². The van der Waals surface area contributed by atoms with Crippen LogP contribution in [0.4, 0.5) is 0 Å². The molecule has 0 saturated heterocycles. The third-order valence-electron chi connectivity index (χ3n) is 2.80. The van der Waals surface area contributed by atoms with Crippen molar-refractivity contribution in [1.82, 2.24) is 5.32 Å². The highest BCUT2D eigenvalue weighted by molar-refractivity contribution is 14.1. The molecule has 0 aliphatic heterocycles. The molecule has 0 bridgehead atoms. The van der Waals surface area contributed by atoms with Crippen molar-refractivity contribution in [3.05, 3.63) is 33.4 Å². The van der Waals surface area contributed by atoms with Crippen LogP contribution in [0, 0.1) is 3.57 Å². The average molecular weight is 363 g/mol. The Morgan fingerprint density at radius 1 is 1.33 bits per heavy atom. The van der Waals surface area contributed by atoms with E-state index in [-0.39, 0.29) is 5.97 Å². The number of carbonyl (C=O) groups excluding carboxylic acids is 1. The third kappa shape index (κ3) is 3.66. The van der Waals surface area contributed by atoms with Gasteiger partial charge in [-0.2, -0.15) is 0 Å². The van der Waals surface area contributed by atoms with E-state index in [1.807, 2.05) is 31.2 Å². The summed E-state index contributed by atoms with van der Waals surface area (Å²) in [4.78, 5) is 12.0. The predicted molar refractivity (Wildman–Crippen MR) is 78.4 cm³/mol. The van der Waals surface area contributed by atoms with Gasteiger partial charge in [-0.3, -0.25) is 5.32 Å². The van der Waals surface area contributed by atoms with Gasteiger partial charge in [0.1, 0.15) is 5.54 Å². The maximum Gasteiger partial charge on any atom is 0.330 e. The first-order chi connectivity index (χ1) is 8.54. The molecule has 0 saturated carbocycles. The lowest BCUT2D eigenvalue weighted by Crippen LogP contribution is -2.48. The molecule has 0 fully saturated rings. The molecule has 1 atom stereocenters. The van der Waals surface area contributed by atoms with Gasteiger partial charge in [-0.15, -0.1) is 0 Å². The van der Waals surface area contributed by atoms with E-state index in [0.717, 1.165) is 9.13 Å². The Labute approximate surface area is 121 Å². The van der Waals surface area contributed by atoms with Crippen LogP contribution >= 0.6 is 22.6 Å². The SMILES string of the molecule is COCCNC(C)(C(=O)OC)c1ccc(I)cc1. The molecule has 1 aromatic rings. The fourth-order valence-corrected chi connectivity index (χ4v) is 2.04. The number of hydrogen-bond donors (Lipinski definition) is 1. The molecule has 1 N–H and O–H groups in total. The standard InChI is InChI=1S/C13H18INO3/c1-13(12(16)18-3,15-8-9-17-2)10-4-6-11(14)7-5-10/h4-7,15H,8-9H2,1-3H3. The molecule has 0 aliphatic rings. The second kappa shape index (κ2) is 7.06. The van der Waals surface area contributed by atoms with E-state index in [4.69, 9.17) is 9.47 Å². The van der Waals surface area contributed by atoms with Gasteiger partial charge in [0.05, 0.1) is 13.7 Å². The van der Waals surface area contributed by atoms with Gasteiger partial charge in [-0.05, 0) is 47.2 Å². The van der Waals surface area contributed by atoms with E-state index in [1.165, 1.54) is 7.11 Å². The molecule has 0 aliphatic carbocycles. The van der Waals surface area contributed by atoms with Crippen molar-refractivity contribution < 1.29 is 14.3 Å². The van der Waals surface area contributed by atoms with Crippen LogP contribution in [0.25, 0.3) is 0 Å². The second-order valence-corrected chi connectivity index (χ2v) is 5.29. The first kappa shape index (κ1) is 15.4. The molecule has 18 heavy (non-hydrogen) atoms. The molecule has 100 valence electrons. The molecule has 0 aromatic heterocycles. The van der Waals surface area contributed by atoms with Crippen LogP contribution in [0.1, 0.15) is 12.5 Å². The van der Waals surface area contributed by atoms with Gasteiger partial charge in [0.15, 0.2) is 0 Å². The number of ether oxygens (including phenoxy) is 2. The number of esters is 1. The van der Waals surface area contributed by atoms with Crippen LogP contribution in [-0.2, 0) is 19.8 Å². The molecular formula is C13H18INO3. The summed E-state index contributed by atoms with van der Waals surface area (Å²) in [6.45, 7) is 2.93. The first-order valence-electron chi connectivity index (χ1n) is 5.63. The smallest absolute Gasteiger partial charge is 0.330 e. The molecular weight excluding hydrogens is 345 g/mol. The zero-order valence-corrected chi connectivity index (χ0v) is 13.0. The van der Waals surface area contributed by atoms with Crippen LogP contribution in [0.2, 0.25) is 0 Å². The minimum atomic E-state index is -0.850. The van der Waals surface area contributed by atoms with Gasteiger partial charge < -0.3 is 9.47 Å². The zero-order valence-electron chi connectivity index (χ0n) is 10.8. The van der Waals surface area contributed by atoms with Crippen LogP contribution < -0.4 is 5.32 Å². The maximum absolute atomic E-state index is 12.0. The van der Waals surface area contributed by atoms with Gasteiger partial charge in [-0.25, -0.2) is 4.79 Å². The molecule has 1 rings (SSSR count). The van der Waals surface area contributed by atoms with Crippen molar-refractivity contribution in [1.29, 1.82) is 0 Å². The van der Waals surface area contributed by atoms with E-state index in [9.17, 15) is 4.79 Å². The second-order valence-electron chi connectivity index (χ2n) is 4.04. The summed E-state index contributed by atoms with van der Waals surface area (Å²) in [5.41, 5.74) is 0.0309. The molecule has 1 unspecified atom stereocenters. The summed E-state index contributed by atoms with van der Waals surface area (Å²) in [6.07, 6.45) is 0. The Bertz CT molecular complexity index is 394. The summed E-state index contributed by atoms with van der Waals surface area (Å²) < 4.78 is 11.0. The number of benzene rings is 1. The Morgan fingerprint density at radius 2 is 1.94 bits per heavy atom. The summed E-state index contributed by atoms with van der Waals surface area (Å²) in [5.74, 6) is -0.306. The van der Waals surface area contributed by atoms with E-state index in [1.54, 1.807) is 7.11 Å². The van der Waals surface area contributed by atoms with Crippen molar-refractivity contribution >= 4 is 28.6 Å². The fourth-order valence-electron chi connectivity index (χ4n) is 1.68. The first-order valence-corrected chi connectivity index (χ1v) is 6.71. The number of methoxy groups -OCH3 is 2. The number of rotatable bonds is 6. The monoisotopic (exact) mass is 363 g/mol. The Hall–Kier alpha value is -0.660. The lowest BCUT2D eigenvalue weighted by Gasteiger charge is -2.28. The molecule has 0 spiro atoms. The number of nitrogens with one attached hydrogen (secondary N) is 1. The maximum atomic E-state index is 12.0. The fraction of sp³-hybridized carbons (Fsp3) is 0.462. The number of hydrogen-bond acceptors (Lipinski definition) is 4. The highest BCUT2D eigenvalue weighted by Crippen LogP contribution is 2.23. The summed E-state index contributed by atoms with van der Waals surface area (Å²) in [5, 5.41) is 3.18. The highest BCUT2D eigenvalue weighted by atomic mass is 127. The molecule has 5 heteroatoms. The van der Waals surface area contributed by atoms with Crippen LogP contribution in [-0.4, -0.2) is 33.3 Å². The molecule has 0 radical (unpaired) electrons. The van der Waals surface area contributed by atoms with Crippen LogP contribution in [0.5, 0.6) is 0 Å². The number of carbonyl (C=O) groups is 1. The molecule has 0 heterocycles. The van der Waals surface area contributed by atoms with Gasteiger partial charge in [0, 0.05) is 17.2 Å². The average Bonchev–Trinajstić information content (AvgIpc) is 2.38. The Morgan fingerprint density at radius 3 is 2.44 bits per heavy atom. The van der Waals surface area contributed by atoms with E-state index in [0.29, 0.717) is 13.2 Å². The highest BCUT2D eigenvalue weighted by Gasteiger charge is 2.35. The van der Waals surface area contributed by atoms with E-state index < -0.39 is 5.54 Å². The lowest BCUT2D eigenvalue weighted by molar-refractivity contribution is -0.148. The lowest BCUT2D eigenvalue weighted by atomic mass is 9.92. The predicted octanol–water partition coefficient (Wildman–Crippen LogP) is 1.92. The Balaban J connectivity index is 2.96. The van der Waals surface area contributed by atoms with Crippen molar-refractivity contribution in [2.75, 3.05) is 27.4 Å².